The van der Waals surface area contributed by atoms with Gasteiger partial charge in [0.2, 0.25) is 0 Å². The summed E-state index contributed by atoms with van der Waals surface area (Å²) >= 11 is 0. The van der Waals surface area contributed by atoms with Crippen molar-refractivity contribution in [3.05, 3.63) is 29.3 Å². The Morgan fingerprint density at radius 3 is 2.50 bits per heavy atom. The molecule has 0 aliphatic carbocycles. The van der Waals surface area contributed by atoms with Gasteiger partial charge in [0.25, 0.3) is 0 Å². The van der Waals surface area contributed by atoms with Crippen LogP contribution in [0.5, 0.6) is 0 Å². The molecule has 1 aromatic rings. The number of aryl methyl sites for hydroxylation is 1. The van der Waals surface area contributed by atoms with E-state index in [2.05, 4.69) is 44.2 Å². The molecule has 0 radical (unpaired) electrons. The highest BCUT2D eigenvalue weighted by Gasteiger charge is 2.18. The summed E-state index contributed by atoms with van der Waals surface area (Å²) in [4.78, 5) is 2.20. The topological polar surface area (TPSA) is 39.1 Å². The van der Waals surface area contributed by atoms with Crippen LogP contribution in [0.3, 0.4) is 0 Å². The van der Waals surface area contributed by atoms with E-state index >= 15 is 0 Å². The number of benzene rings is 1. The first-order valence-electron chi connectivity index (χ1n) is 6.23. The molecule has 0 amide bonds. The lowest BCUT2D eigenvalue weighted by atomic mass is 9.92. The Hall–Kier alpha value is -1.53. The van der Waals surface area contributed by atoms with E-state index in [9.17, 15) is 0 Å². The third-order valence-electron chi connectivity index (χ3n) is 2.86. The van der Waals surface area contributed by atoms with Gasteiger partial charge in [-0.3, -0.25) is 0 Å². The Bertz CT molecular complexity index is 442. The molecule has 0 aliphatic rings. The van der Waals surface area contributed by atoms with Crippen LogP contribution >= 0.6 is 0 Å². The average Bonchev–Trinajstić information content (AvgIpc) is 2.25. The van der Waals surface area contributed by atoms with Crippen LogP contribution in [0.25, 0.3) is 0 Å². The summed E-state index contributed by atoms with van der Waals surface area (Å²) < 4.78 is 0. The van der Waals surface area contributed by atoms with Gasteiger partial charge in [0.05, 0.1) is 11.6 Å². The predicted octanol–water partition coefficient (Wildman–Crippen LogP) is 2.87. The molecule has 1 aromatic carbocycles. The van der Waals surface area contributed by atoms with E-state index in [4.69, 9.17) is 5.26 Å². The highest BCUT2D eigenvalue weighted by molar-refractivity contribution is 5.54. The van der Waals surface area contributed by atoms with Gasteiger partial charge >= 0.3 is 0 Å². The second kappa shape index (κ2) is 5.88. The molecular weight excluding hydrogens is 222 g/mol. The minimum atomic E-state index is 0.212. The quantitative estimate of drug-likeness (QED) is 0.867. The van der Waals surface area contributed by atoms with Gasteiger partial charge in [-0.1, -0.05) is 13.8 Å². The Morgan fingerprint density at radius 1 is 1.33 bits per heavy atom. The summed E-state index contributed by atoms with van der Waals surface area (Å²) in [6.45, 7) is 8.48. The minimum absolute atomic E-state index is 0.212. The van der Waals surface area contributed by atoms with Crippen LogP contribution in [0.2, 0.25) is 0 Å². The molecule has 0 saturated carbocycles. The molecule has 0 spiro atoms. The van der Waals surface area contributed by atoms with E-state index < -0.39 is 0 Å². The molecule has 18 heavy (non-hydrogen) atoms. The third-order valence-corrected chi connectivity index (χ3v) is 2.86. The molecule has 0 bridgehead atoms. The second-order valence-electron chi connectivity index (χ2n) is 5.90. The van der Waals surface area contributed by atoms with Gasteiger partial charge in [0.1, 0.15) is 0 Å². The maximum Gasteiger partial charge on any atom is 0.0991 e. The lowest BCUT2D eigenvalue weighted by molar-refractivity contribution is 0.254. The van der Waals surface area contributed by atoms with Gasteiger partial charge < -0.3 is 10.2 Å². The maximum absolute atomic E-state index is 8.84. The Labute approximate surface area is 110 Å². The van der Waals surface area contributed by atoms with Crippen molar-refractivity contribution >= 4 is 5.69 Å². The fourth-order valence-corrected chi connectivity index (χ4v) is 2.18. The molecule has 1 rings (SSSR count). The van der Waals surface area contributed by atoms with Gasteiger partial charge in [0.15, 0.2) is 0 Å². The first-order chi connectivity index (χ1) is 8.34. The van der Waals surface area contributed by atoms with Crippen LogP contribution in [-0.2, 0) is 0 Å². The van der Waals surface area contributed by atoms with E-state index in [0.717, 1.165) is 24.3 Å². The van der Waals surface area contributed by atoms with Gasteiger partial charge in [0, 0.05) is 18.8 Å². The molecule has 0 aliphatic heterocycles. The predicted molar refractivity (Wildman–Crippen MR) is 76.7 cm³/mol. The van der Waals surface area contributed by atoms with Crippen LogP contribution in [-0.4, -0.2) is 32.1 Å². The fourth-order valence-electron chi connectivity index (χ4n) is 2.18. The molecule has 3 heteroatoms. The van der Waals surface area contributed by atoms with Gasteiger partial charge in [-0.15, -0.1) is 0 Å². The van der Waals surface area contributed by atoms with Crippen LogP contribution in [0.1, 0.15) is 25.0 Å². The zero-order valence-corrected chi connectivity index (χ0v) is 12.0. The molecule has 0 atom stereocenters. The highest BCUT2D eigenvalue weighted by Crippen LogP contribution is 2.20. The van der Waals surface area contributed by atoms with Crippen molar-refractivity contribution in [2.45, 2.75) is 20.8 Å². The molecule has 0 unspecified atom stereocenters. The summed E-state index contributed by atoms with van der Waals surface area (Å²) in [6.07, 6.45) is 0. The van der Waals surface area contributed by atoms with Crippen LogP contribution in [0.4, 0.5) is 5.69 Å². The maximum atomic E-state index is 8.84. The lowest BCUT2D eigenvalue weighted by Gasteiger charge is -2.29. The van der Waals surface area contributed by atoms with Crippen molar-refractivity contribution in [3.8, 4) is 6.07 Å². The monoisotopic (exact) mass is 245 g/mol. The van der Waals surface area contributed by atoms with Crippen molar-refractivity contribution in [1.82, 2.24) is 4.90 Å². The minimum Gasteiger partial charge on any atom is -0.384 e. The number of hydrogen-bond acceptors (Lipinski definition) is 3. The van der Waals surface area contributed by atoms with Crippen molar-refractivity contribution in [1.29, 1.82) is 5.26 Å². The molecule has 0 aromatic heterocycles. The van der Waals surface area contributed by atoms with E-state index in [-0.39, 0.29) is 5.41 Å². The SMILES string of the molecule is Cc1cc(C#N)ccc1NCC(C)(C)CN(C)C. The van der Waals surface area contributed by atoms with Crippen molar-refractivity contribution < 1.29 is 0 Å². The Morgan fingerprint density at radius 2 is 2.00 bits per heavy atom. The average molecular weight is 245 g/mol. The van der Waals surface area contributed by atoms with Gasteiger partial charge in [-0.2, -0.15) is 5.26 Å². The number of rotatable bonds is 5. The Balaban J connectivity index is 2.67. The number of nitrogens with zero attached hydrogens (tertiary/aromatic N) is 2. The van der Waals surface area contributed by atoms with Gasteiger partial charge in [-0.05, 0) is 50.2 Å². The molecule has 98 valence electrons. The van der Waals surface area contributed by atoms with E-state index in [1.54, 1.807) is 0 Å². The second-order valence-corrected chi connectivity index (χ2v) is 5.90. The van der Waals surface area contributed by atoms with Crippen molar-refractivity contribution in [2.75, 3.05) is 32.5 Å². The van der Waals surface area contributed by atoms with E-state index in [1.807, 2.05) is 25.1 Å². The van der Waals surface area contributed by atoms with E-state index in [0.29, 0.717) is 5.56 Å². The zero-order chi connectivity index (χ0) is 13.8. The number of hydrogen-bond donors (Lipinski definition) is 1. The highest BCUT2D eigenvalue weighted by atomic mass is 15.1. The third kappa shape index (κ3) is 4.38. The molecule has 0 fully saturated rings. The smallest absolute Gasteiger partial charge is 0.0991 e. The molecule has 1 N–H and O–H groups in total. The number of nitriles is 1. The molecule has 0 saturated heterocycles. The standard InChI is InChI=1S/C15H23N3/c1-12-8-13(9-16)6-7-14(12)17-10-15(2,3)11-18(4)5/h6-8,17H,10-11H2,1-5H3. The fraction of sp³-hybridized carbons (Fsp3) is 0.533. The first kappa shape index (κ1) is 14.5. The number of nitrogens with one attached hydrogen (secondary N) is 1. The van der Waals surface area contributed by atoms with E-state index in [1.165, 1.54) is 0 Å². The molecular formula is C15H23N3. The summed E-state index contributed by atoms with van der Waals surface area (Å²) in [6, 6.07) is 7.92. The Kier molecular flexibility index (Phi) is 4.75. The summed E-state index contributed by atoms with van der Waals surface area (Å²) in [5.74, 6) is 0. The summed E-state index contributed by atoms with van der Waals surface area (Å²) in [5, 5.41) is 12.3. The summed E-state index contributed by atoms with van der Waals surface area (Å²) in [5.41, 5.74) is 3.16. The van der Waals surface area contributed by atoms with Crippen LogP contribution in [0.15, 0.2) is 18.2 Å². The first-order valence-corrected chi connectivity index (χ1v) is 6.23. The largest absolute Gasteiger partial charge is 0.384 e. The normalized spacial score (nSPS) is 11.4. The van der Waals surface area contributed by atoms with Crippen LogP contribution < -0.4 is 5.32 Å². The molecule has 0 heterocycles. The lowest BCUT2D eigenvalue weighted by Crippen LogP contribution is -2.34. The summed E-state index contributed by atoms with van der Waals surface area (Å²) in [7, 11) is 4.18. The van der Waals surface area contributed by atoms with Crippen molar-refractivity contribution in [2.24, 2.45) is 5.41 Å². The zero-order valence-electron chi connectivity index (χ0n) is 12.0. The number of anilines is 1. The van der Waals surface area contributed by atoms with Crippen molar-refractivity contribution in [3.63, 3.8) is 0 Å². The van der Waals surface area contributed by atoms with Crippen LogP contribution in [0, 0.1) is 23.7 Å². The molecule has 3 nitrogen and oxygen atoms in total. The van der Waals surface area contributed by atoms with Gasteiger partial charge in [-0.25, -0.2) is 0 Å².